The highest BCUT2D eigenvalue weighted by molar-refractivity contribution is 5.55. The minimum absolute atomic E-state index is 0.107. The minimum Gasteiger partial charge on any atom is -0.303 e. The van der Waals surface area contributed by atoms with Crippen molar-refractivity contribution < 1.29 is 22.4 Å². The van der Waals surface area contributed by atoms with Gasteiger partial charge in [-0.25, -0.2) is 4.39 Å². The van der Waals surface area contributed by atoms with Crippen molar-refractivity contribution in [2.75, 3.05) is 0 Å². The summed E-state index contributed by atoms with van der Waals surface area (Å²) < 4.78 is 48.9. The summed E-state index contributed by atoms with van der Waals surface area (Å²) in [7, 11) is 0. The number of benzene rings is 1. The Kier molecular flexibility index (Phi) is 3.44. The van der Waals surface area contributed by atoms with Crippen LogP contribution in [0.15, 0.2) is 18.2 Å². The molecular weight excluding hydrogens is 212 g/mol. The second-order valence-corrected chi connectivity index (χ2v) is 3.09. The number of aldehydes is 1. The van der Waals surface area contributed by atoms with E-state index in [0.29, 0.717) is 6.29 Å². The average molecular weight is 220 g/mol. The van der Waals surface area contributed by atoms with Gasteiger partial charge < -0.3 is 4.79 Å². The van der Waals surface area contributed by atoms with Crippen molar-refractivity contribution in [3.8, 4) is 0 Å². The van der Waals surface area contributed by atoms with Crippen LogP contribution in [-0.4, -0.2) is 12.5 Å². The largest absolute Gasteiger partial charge is 0.393 e. The summed E-state index contributed by atoms with van der Waals surface area (Å²) in [6.45, 7) is 0. The summed E-state index contributed by atoms with van der Waals surface area (Å²) in [6.07, 6.45) is -5.14. The molecule has 0 atom stereocenters. The molecule has 0 aromatic heterocycles. The second-order valence-electron chi connectivity index (χ2n) is 3.09. The van der Waals surface area contributed by atoms with Gasteiger partial charge in [-0.1, -0.05) is 12.1 Å². The lowest BCUT2D eigenvalue weighted by atomic mass is 10.1. The normalized spacial score (nSPS) is 11.5. The van der Waals surface area contributed by atoms with Gasteiger partial charge in [0.25, 0.3) is 0 Å². The molecule has 0 aliphatic rings. The number of alkyl halides is 3. The Balaban J connectivity index is 2.86. The predicted molar refractivity (Wildman–Crippen MR) is 45.9 cm³/mol. The summed E-state index contributed by atoms with van der Waals surface area (Å²) in [5.41, 5.74) is -0.0365. The first-order chi connectivity index (χ1) is 6.92. The van der Waals surface area contributed by atoms with E-state index in [2.05, 4.69) is 0 Å². The van der Waals surface area contributed by atoms with Gasteiger partial charge in [0, 0.05) is 6.42 Å². The van der Waals surface area contributed by atoms with E-state index in [9.17, 15) is 22.4 Å². The molecule has 0 heterocycles. The van der Waals surface area contributed by atoms with Gasteiger partial charge in [0.15, 0.2) is 0 Å². The van der Waals surface area contributed by atoms with Gasteiger partial charge in [-0.2, -0.15) is 13.2 Å². The molecule has 0 aliphatic heterocycles. The van der Waals surface area contributed by atoms with Gasteiger partial charge in [-0.05, 0) is 17.2 Å². The predicted octanol–water partition coefficient (Wildman–Crippen LogP) is 2.67. The fraction of sp³-hybridized carbons (Fsp3) is 0.300. The van der Waals surface area contributed by atoms with Crippen LogP contribution in [0.5, 0.6) is 0 Å². The second kappa shape index (κ2) is 4.42. The van der Waals surface area contributed by atoms with E-state index in [1.165, 1.54) is 12.1 Å². The molecule has 5 heteroatoms. The van der Waals surface area contributed by atoms with E-state index in [1.54, 1.807) is 0 Å². The Morgan fingerprint density at radius 3 is 2.40 bits per heavy atom. The van der Waals surface area contributed by atoms with E-state index < -0.39 is 18.4 Å². The zero-order valence-corrected chi connectivity index (χ0v) is 7.64. The standard InChI is InChI=1S/C10H8F4O/c11-9-5-7(6-10(12,13)14)1-2-8(9)3-4-15/h1-2,4-5H,3,6H2. The number of halogens is 4. The van der Waals surface area contributed by atoms with Crippen molar-refractivity contribution in [1.82, 2.24) is 0 Å². The van der Waals surface area contributed by atoms with E-state index in [-0.39, 0.29) is 17.5 Å². The smallest absolute Gasteiger partial charge is 0.303 e. The van der Waals surface area contributed by atoms with Crippen molar-refractivity contribution in [2.45, 2.75) is 19.0 Å². The maximum atomic E-state index is 13.1. The van der Waals surface area contributed by atoms with Crippen LogP contribution in [0.25, 0.3) is 0 Å². The third-order valence-electron chi connectivity index (χ3n) is 1.83. The van der Waals surface area contributed by atoms with E-state index in [1.807, 2.05) is 0 Å². The quantitative estimate of drug-likeness (QED) is 0.565. The zero-order chi connectivity index (χ0) is 11.5. The molecule has 0 aliphatic carbocycles. The molecule has 0 saturated carbocycles. The lowest BCUT2D eigenvalue weighted by Crippen LogP contribution is -2.11. The molecule has 1 aromatic rings. The molecule has 0 amide bonds. The summed E-state index contributed by atoms with van der Waals surface area (Å²) in [5.74, 6) is -0.774. The third kappa shape index (κ3) is 3.69. The number of carbonyl (C=O) groups is 1. The number of hydrogen-bond donors (Lipinski definition) is 0. The van der Waals surface area contributed by atoms with Crippen LogP contribution < -0.4 is 0 Å². The zero-order valence-electron chi connectivity index (χ0n) is 7.64. The lowest BCUT2D eigenvalue weighted by Gasteiger charge is -2.07. The van der Waals surface area contributed by atoms with Gasteiger partial charge in [0.2, 0.25) is 0 Å². The first-order valence-electron chi connectivity index (χ1n) is 4.20. The van der Waals surface area contributed by atoms with Gasteiger partial charge in [-0.3, -0.25) is 0 Å². The molecule has 1 nitrogen and oxygen atoms in total. The van der Waals surface area contributed by atoms with Crippen LogP contribution in [0.2, 0.25) is 0 Å². The molecule has 0 radical (unpaired) electrons. The topological polar surface area (TPSA) is 17.1 Å². The van der Waals surface area contributed by atoms with Crippen LogP contribution in [-0.2, 0) is 17.6 Å². The van der Waals surface area contributed by atoms with Crippen LogP contribution in [0.3, 0.4) is 0 Å². The number of hydrogen-bond acceptors (Lipinski definition) is 1. The molecule has 82 valence electrons. The number of carbonyl (C=O) groups excluding carboxylic acids is 1. The molecule has 0 saturated heterocycles. The first-order valence-corrected chi connectivity index (χ1v) is 4.20. The molecular formula is C10H8F4O. The molecule has 0 spiro atoms. The maximum absolute atomic E-state index is 13.1. The van der Waals surface area contributed by atoms with Crippen LogP contribution in [0, 0.1) is 5.82 Å². The highest BCUT2D eigenvalue weighted by Gasteiger charge is 2.27. The highest BCUT2D eigenvalue weighted by Crippen LogP contribution is 2.22. The molecule has 0 fully saturated rings. The Morgan fingerprint density at radius 2 is 1.93 bits per heavy atom. The fourth-order valence-corrected chi connectivity index (χ4v) is 1.19. The first kappa shape index (κ1) is 11.7. The van der Waals surface area contributed by atoms with Crippen molar-refractivity contribution in [3.63, 3.8) is 0 Å². The molecule has 0 bridgehead atoms. The summed E-state index contributed by atoms with van der Waals surface area (Å²) in [5, 5.41) is 0. The monoisotopic (exact) mass is 220 g/mol. The van der Waals surface area contributed by atoms with Crippen LogP contribution >= 0.6 is 0 Å². The Labute approximate surface area is 83.7 Å². The van der Waals surface area contributed by atoms with E-state index >= 15 is 0 Å². The molecule has 1 rings (SSSR count). The Hall–Kier alpha value is -1.39. The van der Waals surface area contributed by atoms with Crippen molar-refractivity contribution in [1.29, 1.82) is 0 Å². The Morgan fingerprint density at radius 1 is 1.27 bits per heavy atom. The summed E-state index contributed by atoms with van der Waals surface area (Å²) >= 11 is 0. The lowest BCUT2D eigenvalue weighted by molar-refractivity contribution is -0.127. The van der Waals surface area contributed by atoms with Crippen LogP contribution in [0.4, 0.5) is 17.6 Å². The minimum atomic E-state index is -4.35. The van der Waals surface area contributed by atoms with Crippen molar-refractivity contribution in [3.05, 3.63) is 35.1 Å². The van der Waals surface area contributed by atoms with Gasteiger partial charge >= 0.3 is 6.18 Å². The SMILES string of the molecule is O=CCc1ccc(CC(F)(F)F)cc1F. The summed E-state index contributed by atoms with van der Waals surface area (Å²) in [4.78, 5) is 10.1. The molecule has 1 aromatic carbocycles. The van der Waals surface area contributed by atoms with E-state index in [0.717, 1.165) is 6.07 Å². The third-order valence-corrected chi connectivity index (χ3v) is 1.83. The highest BCUT2D eigenvalue weighted by atomic mass is 19.4. The van der Waals surface area contributed by atoms with Crippen molar-refractivity contribution >= 4 is 6.29 Å². The van der Waals surface area contributed by atoms with Crippen molar-refractivity contribution in [2.24, 2.45) is 0 Å². The fourth-order valence-electron chi connectivity index (χ4n) is 1.19. The molecule has 15 heavy (non-hydrogen) atoms. The van der Waals surface area contributed by atoms with Crippen LogP contribution in [0.1, 0.15) is 11.1 Å². The number of rotatable bonds is 3. The molecule has 0 N–H and O–H groups in total. The van der Waals surface area contributed by atoms with Gasteiger partial charge in [-0.15, -0.1) is 0 Å². The van der Waals surface area contributed by atoms with Gasteiger partial charge in [0.1, 0.15) is 12.1 Å². The van der Waals surface area contributed by atoms with E-state index in [4.69, 9.17) is 0 Å². The van der Waals surface area contributed by atoms with Gasteiger partial charge in [0.05, 0.1) is 6.42 Å². The maximum Gasteiger partial charge on any atom is 0.393 e. The average Bonchev–Trinajstić information content (AvgIpc) is 2.07. The Bertz CT molecular complexity index is 357. The summed E-state index contributed by atoms with van der Waals surface area (Å²) in [6, 6.07) is 3.19. The molecule has 0 unspecified atom stereocenters.